The number of aromatic carboxylic acids is 1. The number of benzene rings is 1. The molecule has 8 nitrogen and oxygen atoms in total. The van der Waals surface area contributed by atoms with E-state index in [1.54, 1.807) is 17.0 Å². The van der Waals surface area contributed by atoms with E-state index < -0.39 is 22.8 Å². The van der Waals surface area contributed by atoms with Crippen LogP contribution in [0.2, 0.25) is 0 Å². The molecule has 1 aliphatic heterocycles. The molecule has 9 heteroatoms. The molecule has 1 fully saturated rings. The molecule has 1 saturated heterocycles. The third-order valence-electron chi connectivity index (χ3n) is 5.24. The lowest BCUT2D eigenvalue weighted by atomic mass is 10.1. The minimum absolute atomic E-state index is 0.0253. The summed E-state index contributed by atoms with van der Waals surface area (Å²) in [6.45, 7) is 2.91. The van der Waals surface area contributed by atoms with Crippen molar-refractivity contribution in [3.63, 3.8) is 0 Å². The van der Waals surface area contributed by atoms with Crippen molar-refractivity contribution in [2.45, 2.75) is 13.0 Å². The van der Waals surface area contributed by atoms with Crippen LogP contribution in [0.5, 0.6) is 5.75 Å². The number of carboxylic acids is 1. The van der Waals surface area contributed by atoms with Crippen LogP contribution in [0.25, 0.3) is 16.7 Å². The highest BCUT2D eigenvalue weighted by molar-refractivity contribution is 5.92. The van der Waals surface area contributed by atoms with Gasteiger partial charge in [0.2, 0.25) is 5.43 Å². The van der Waals surface area contributed by atoms with E-state index in [1.807, 2.05) is 6.92 Å². The summed E-state index contributed by atoms with van der Waals surface area (Å²) < 4.78 is 16.3. The van der Waals surface area contributed by atoms with Crippen molar-refractivity contribution in [1.82, 2.24) is 9.55 Å². The average Bonchev–Trinajstić information content (AvgIpc) is 3.01. The molecule has 29 heavy (non-hydrogen) atoms. The molecule has 0 saturated carbocycles. The predicted molar refractivity (Wildman–Crippen MR) is 105 cm³/mol. The van der Waals surface area contributed by atoms with Crippen molar-refractivity contribution in [1.29, 1.82) is 0 Å². The number of carbonyl (C=O) groups is 1. The quantitative estimate of drug-likeness (QED) is 0.614. The van der Waals surface area contributed by atoms with E-state index in [1.165, 1.54) is 16.7 Å². The molecule has 0 aliphatic carbocycles. The fraction of sp³-hybridized carbons (Fsp3) is 0.250. The van der Waals surface area contributed by atoms with Crippen LogP contribution in [0.15, 0.2) is 41.3 Å². The van der Waals surface area contributed by atoms with Gasteiger partial charge >= 0.3 is 5.97 Å². The Balaban J connectivity index is 2.00. The fourth-order valence-electron chi connectivity index (χ4n) is 3.56. The predicted octanol–water partition coefficient (Wildman–Crippen LogP) is 1.71. The summed E-state index contributed by atoms with van der Waals surface area (Å²) >= 11 is 0. The first kappa shape index (κ1) is 18.9. The monoisotopic (exact) mass is 398 g/mol. The van der Waals surface area contributed by atoms with Crippen LogP contribution in [0, 0.1) is 11.7 Å². The SMILES string of the molecule is C[C@H]1CN(c2nc3c(cc2F)c(=O)c(C(=O)O)cn3-c2ccc(O)cc2)C[C@H]1N. The number of aromatic nitrogens is 2. The summed E-state index contributed by atoms with van der Waals surface area (Å²) in [6.07, 6.45) is 1.16. The zero-order valence-electron chi connectivity index (χ0n) is 15.5. The van der Waals surface area contributed by atoms with E-state index >= 15 is 0 Å². The van der Waals surface area contributed by atoms with Crippen LogP contribution >= 0.6 is 0 Å². The first-order chi connectivity index (χ1) is 13.8. The maximum Gasteiger partial charge on any atom is 0.341 e. The Morgan fingerprint density at radius 3 is 2.55 bits per heavy atom. The highest BCUT2D eigenvalue weighted by Gasteiger charge is 2.30. The second-order valence-corrected chi connectivity index (χ2v) is 7.27. The van der Waals surface area contributed by atoms with E-state index in [2.05, 4.69) is 4.98 Å². The maximum absolute atomic E-state index is 14.9. The summed E-state index contributed by atoms with van der Waals surface area (Å²) in [5, 5.41) is 18.8. The van der Waals surface area contributed by atoms with Gasteiger partial charge in [0, 0.05) is 31.0 Å². The van der Waals surface area contributed by atoms with Crippen molar-refractivity contribution < 1.29 is 19.4 Å². The number of carboxylic acid groups (broad SMARTS) is 1. The van der Waals surface area contributed by atoms with Crippen molar-refractivity contribution in [2.75, 3.05) is 18.0 Å². The molecule has 3 heterocycles. The summed E-state index contributed by atoms with van der Waals surface area (Å²) in [4.78, 5) is 30.3. The number of halogens is 1. The van der Waals surface area contributed by atoms with Crippen molar-refractivity contribution in [3.8, 4) is 11.4 Å². The number of rotatable bonds is 3. The zero-order chi connectivity index (χ0) is 20.9. The van der Waals surface area contributed by atoms with Crippen LogP contribution in [0.3, 0.4) is 0 Å². The third-order valence-corrected chi connectivity index (χ3v) is 5.24. The van der Waals surface area contributed by atoms with Crippen LogP contribution < -0.4 is 16.1 Å². The first-order valence-electron chi connectivity index (χ1n) is 9.05. The second-order valence-electron chi connectivity index (χ2n) is 7.27. The highest BCUT2D eigenvalue weighted by Crippen LogP contribution is 2.27. The lowest BCUT2D eigenvalue weighted by Crippen LogP contribution is -2.29. The van der Waals surface area contributed by atoms with E-state index in [0.717, 1.165) is 12.3 Å². The van der Waals surface area contributed by atoms with Gasteiger partial charge in [-0.1, -0.05) is 6.92 Å². The summed E-state index contributed by atoms with van der Waals surface area (Å²) in [7, 11) is 0. The van der Waals surface area contributed by atoms with Crippen molar-refractivity contribution in [2.24, 2.45) is 11.7 Å². The first-order valence-corrected chi connectivity index (χ1v) is 9.05. The fourth-order valence-corrected chi connectivity index (χ4v) is 3.56. The maximum atomic E-state index is 14.9. The molecule has 4 rings (SSSR count). The van der Waals surface area contributed by atoms with E-state index in [9.17, 15) is 24.2 Å². The van der Waals surface area contributed by atoms with Gasteiger partial charge in [0.25, 0.3) is 0 Å². The molecule has 0 amide bonds. The summed E-state index contributed by atoms with van der Waals surface area (Å²) in [5.41, 5.74) is 5.31. The van der Waals surface area contributed by atoms with Crippen LogP contribution in [-0.4, -0.2) is 44.9 Å². The van der Waals surface area contributed by atoms with Gasteiger partial charge in [0.05, 0.1) is 5.39 Å². The van der Waals surface area contributed by atoms with E-state index in [-0.39, 0.29) is 34.6 Å². The van der Waals surface area contributed by atoms with Gasteiger partial charge in [0.15, 0.2) is 17.3 Å². The highest BCUT2D eigenvalue weighted by atomic mass is 19.1. The Bertz CT molecular complexity index is 1170. The van der Waals surface area contributed by atoms with Gasteiger partial charge in [-0.3, -0.25) is 4.79 Å². The molecule has 0 bridgehead atoms. The third kappa shape index (κ3) is 3.19. The molecule has 150 valence electrons. The molecular formula is C20H19FN4O4. The number of phenolic OH excluding ortho intramolecular Hbond substituents is 1. The molecule has 1 aliphatic rings. The molecule has 3 aromatic rings. The number of nitrogens with two attached hydrogens (primary N) is 1. The number of fused-ring (bicyclic) bond motifs is 1. The van der Waals surface area contributed by atoms with Gasteiger partial charge in [-0.05, 0) is 36.2 Å². The van der Waals surface area contributed by atoms with Gasteiger partial charge in [-0.25, -0.2) is 14.2 Å². The average molecular weight is 398 g/mol. The number of hydrogen-bond donors (Lipinski definition) is 3. The Kier molecular flexibility index (Phi) is 4.46. The molecule has 0 unspecified atom stereocenters. The minimum Gasteiger partial charge on any atom is -0.508 e. The minimum atomic E-state index is -1.42. The molecule has 2 aromatic heterocycles. The second kappa shape index (κ2) is 6.85. The Labute approximate surface area is 164 Å². The van der Waals surface area contributed by atoms with E-state index in [4.69, 9.17) is 5.73 Å². The normalized spacial score (nSPS) is 19.1. The number of pyridine rings is 2. The van der Waals surface area contributed by atoms with Gasteiger partial charge < -0.3 is 25.4 Å². The number of phenols is 1. The number of nitrogens with zero attached hydrogens (tertiary/aromatic N) is 3. The number of aromatic hydroxyl groups is 1. The number of hydrogen-bond acceptors (Lipinski definition) is 6. The Morgan fingerprint density at radius 1 is 1.28 bits per heavy atom. The standard InChI is InChI=1S/C20H19FN4O4/c1-10-7-24(9-16(10)22)19-15(21)6-13-17(27)14(20(28)29)8-25(18(13)23-19)11-2-4-12(26)5-3-11/h2-6,8,10,16,26H,7,9,22H2,1H3,(H,28,29)/t10-,16+/m0/s1. The molecular weight excluding hydrogens is 379 g/mol. The van der Waals surface area contributed by atoms with Crippen LogP contribution in [-0.2, 0) is 0 Å². The van der Waals surface area contributed by atoms with Crippen molar-refractivity contribution in [3.05, 3.63) is 58.1 Å². The van der Waals surface area contributed by atoms with Gasteiger partial charge in [0.1, 0.15) is 11.3 Å². The summed E-state index contributed by atoms with van der Waals surface area (Å²) in [5.74, 6) is -1.89. The Morgan fingerprint density at radius 2 is 1.97 bits per heavy atom. The lowest BCUT2D eigenvalue weighted by molar-refractivity contribution is 0.0695. The number of anilines is 1. The summed E-state index contributed by atoms with van der Waals surface area (Å²) in [6, 6.07) is 6.84. The molecule has 2 atom stereocenters. The molecule has 0 radical (unpaired) electrons. The smallest absolute Gasteiger partial charge is 0.341 e. The van der Waals surface area contributed by atoms with Gasteiger partial charge in [-0.2, -0.15) is 0 Å². The van der Waals surface area contributed by atoms with Crippen LogP contribution in [0.1, 0.15) is 17.3 Å². The van der Waals surface area contributed by atoms with Gasteiger partial charge in [-0.15, -0.1) is 0 Å². The molecule has 1 aromatic carbocycles. The van der Waals surface area contributed by atoms with Crippen molar-refractivity contribution >= 4 is 22.8 Å². The Hall–Kier alpha value is -3.46. The zero-order valence-corrected chi connectivity index (χ0v) is 15.5. The lowest BCUT2D eigenvalue weighted by Gasteiger charge is -2.20. The molecule has 0 spiro atoms. The topological polar surface area (TPSA) is 122 Å². The largest absolute Gasteiger partial charge is 0.508 e. The molecule has 4 N–H and O–H groups in total. The van der Waals surface area contributed by atoms with Crippen LogP contribution in [0.4, 0.5) is 10.2 Å². The van der Waals surface area contributed by atoms with E-state index in [0.29, 0.717) is 18.8 Å².